The fraction of sp³-hybridized carbons (Fsp3) is 0. The third-order valence-corrected chi connectivity index (χ3v) is 4.90. The second-order valence-corrected chi connectivity index (χ2v) is 6.46. The van der Waals surface area contributed by atoms with E-state index in [1.165, 1.54) is 20.7 Å². The van der Waals surface area contributed by atoms with Crippen LogP contribution in [0.5, 0.6) is 0 Å². The molecule has 0 amide bonds. The first-order valence-corrected chi connectivity index (χ1v) is 8.22. The maximum Gasteiger partial charge on any atom is 0.271 e. The van der Waals surface area contributed by atoms with Crippen molar-refractivity contribution in [2.24, 2.45) is 0 Å². The van der Waals surface area contributed by atoms with Gasteiger partial charge in [0, 0.05) is 9.79 Å². The smallest absolute Gasteiger partial charge is 0.215 e. The van der Waals surface area contributed by atoms with Gasteiger partial charge in [-0.25, -0.2) is 12.5 Å². The molecule has 0 saturated carbocycles. The summed E-state index contributed by atoms with van der Waals surface area (Å²) >= 11 is 6.51. The maximum atomic E-state index is 4.74. The van der Waals surface area contributed by atoms with Gasteiger partial charge in [0.25, 0.3) is 5.99 Å². The highest BCUT2D eigenvalue weighted by Gasteiger charge is 2.13. The van der Waals surface area contributed by atoms with Crippen LogP contribution in [-0.4, -0.2) is 5.99 Å². The molecule has 3 heteroatoms. The highest BCUT2D eigenvalue weighted by molar-refractivity contribution is 8.13. The lowest BCUT2D eigenvalue weighted by atomic mass is 9.62. The van der Waals surface area contributed by atoms with Crippen LogP contribution in [0.25, 0.3) is 0 Å². The second-order valence-electron chi connectivity index (χ2n) is 4.80. The molecule has 0 spiro atoms. The van der Waals surface area contributed by atoms with E-state index in [1.54, 1.807) is 11.8 Å². The van der Waals surface area contributed by atoms with Crippen LogP contribution in [0.3, 0.4) is 0 Å². The van der Waals surface area contributed by atoms with Crippen molar-refractivity contribution < 1.29 is 0 Å². The van der Waals surface area contributed by atoms with Crippen LogP contribution < -0.4 is 10.9 Å². The van der Waals surface area contributed by atoms with Gasteiger partial charge in [0.15, 0.2) is 0 Å². The van der Waals surface area contributed by atoms with Crippen molar-refractivity contribution in [3.8, 4) is 0 Å². The molecule has 0 aliphatic heterocycles. The third kappa shape index (κ3) is 3.75. The average Bonchev–Trinajstić information content (AvgIpc) is 2.57. The maximum absolute atomic E-state index is 4.74. The Labute approximate surface area is 136 Å². The normalized spacial score (nSPS) is 10.3. The molecule has 3 aromatic carbocycles. The van der Waals surface area contributed by atoms with Crippen molar-refractivity contribution in [2.75, 3.05) is 0 Å². The van der Waals surface area contributed by atoms with Crippen molar-refractivity contribution in [3.63, 3.8) is 0 Å². The Morgan fingerprint density at radius 1 is 0.571 bits per heavy atom. The van der Waals surface area contributed by atoms with Gasteiger partial charge in [0.1, 0.15) is 0 Å². The average molecular weight is 306 g/mol. The first-order valence-electron chi connectivity index (χ1n) is 6.89. The Morgan fingerprint density at radius 2 is 1.05 bits per heavy atom. The SMILES string of the molecule is SB(c1ccccc1)c1ccc(Sc2ccccc2)cc1. The zero-order valence-corrected chi connectivity index (χ0v) is 13.2. The molecule has 0 radical (unpaired) electrons. The lowest BCUT2D eigenvalue weighted by molar-refractivity contribution is 1.41. The van der Waals surface area contributed by atoms with Crippen LogP contribution in [0.4, 0.5) is 0 Å². The van der Waals surface area contributed by atoms with Gasteiger partial charge in [-0.2, -0.15) is 0 Å². The monoisotopic (exact) mass is 306 g/mol. The largest absolute Gasteiger partial charge is 0.271 e. The van der Waals surface area contributed by atoms with Gasteiger partial charge in [0.05, 0.1) is 0 Å². The summed E-state index contributed by atoms with van der Waals surface area (Å²) in [5.41, 5.74) is 2.45. The predicted molar refractivity (Wildman–Crippen MR) is 97.5 cm³/mol. The van der Waals surface area contributed by atoms with Crippen molar-refractivity contribution in [1.29, 1.82) is 0 Å². The number of hydrogen-bond donors (Lipinski definition) is 1. The first kappa shape index (κ1) is 14.4. The molecule has 21 heavy (non-hydrogen) atoms. The van der Waals surface area contributed by atoms with Crippen molar-refractivity contribution in [3.05, 3.63) is 84.9 Å². The van der Waals surface area contributed by atoms with E-state index in [-0.39, 0.29) is 5.99 Å². The van der Waals surface area contributed by atoms with E-state index in [9.17, 15) is 0 Å². The highest BCUT2D eigenvalue weighted by Crippen LogP contribution is 2.26. The lowest BCUT2D eigenvalue weighted by Crippen LogP contribution is -2.36. The summed E-state index contributed by atoms with van der Waals surface area (Å²) in [5, 5.41) is 0. The van der Waals surface area contributed by atoms with Gasteiger partial charge in [-0.1, -0.05) is 83.4 Å². The summed E-state index contributed by atoms with van der Waals surface area (Å²) in [6.45, 7) is 0. The number of hydrogen-bond acceptors (Lipinski definition) is 2. The van der Waals surface area contributed by atoms with E-state index in [2.05, 4.69) is 72.8 Å². The first-order chi connectivity index (χ1) is 10.3. The van der Waals surface area contributed by atoms with Gasteiger partial charge < -0.3 is 0 Å². The van der Waals surface area contributed by atoms with Crippen LogP contribution in [0.1, 0.15) is 0 Å². The van der Waals surface area contributed by atoms with Gasteiger partial charge in [-0.3, -0.25) is 0 Å². The molecule has 0 aliphatic rings. The zero-order valence-electron chi connectivity index (χ0n) is 11.5. The molecule has 3 aromatic rings. The van der Waals surface area contributed by atoms with Gasteiger partial charge in [-0.15, -0.1) is 0 Å². The summed E-state index contributed by atoms with van der Waals surface area (Å²) in [7, 11) is 0. The molecule has 0 aliphatic carbocycles. The molecule has 102 valence electrons. The molecular formula is C18H15BS2. The fourth-order valence-corrected chi connectivity index (χ4v) is 3.35. The molecule has 3 rings (SSSR count). The van der Waals surface area contributed by atoms with E-state index in [1.807, 2.05) is 12.1 Å². The summed E-state index contributed by atoms with van der Waals surface area (Å²) < 4.78 is 0. The number of rotatable bonds is 4. The molecule has 0 heterocycles. The minimum Gasteiger partial charge on any atom is -0.215 e. The predicted octanol–water partition coefficient (Wildman–Crippen LogP) is 3.87. The summed E-state index contributed by atoms with van der Waals surface area (Å²) in [4.78, 5) is 2.51. The van der Waals surface area contributed by atoms with E-state index in [4.69, 9.17) is 12.5 Å². The Kier molecular flexibility index (Phi) is 4.74. The topological polar surface area (TPSA) is 0 Å². The third-order valence-electron chi connectivity index (χ3n) is 3.29. The Morgan fingerprint density at radius 3 is 1.67 bits per heavy atom. The lowest BCUT2D eigenvalue weighted by Gasteiger charge is -2.09. The van der Waals surface area contributed by atoms with Crippen molar-refractivity contribution in [2.45, 2.75) is 9.79 Å². The van der Waals surface area contributed by atoms with Crippen LogP contribution in [0.2, 0.25) is 0 Å². The molecule has 0 saturated heterocycles. The Hall–Kier alpha value is -1.58. The summed E-state index contributed by atoms with van der Waals surface area (Å²) in [6.07, 6.45) is 0. The van der Waals surface area contributed by atoms with E-state index in [0.717, 1.165) is 0 Å². The standard InChI is InChI=1S/C18H15BS2/c20-19(15-7-3-1-4-8-15)16-11-13-18(14-12-16)21-17-9-5-2-6-10-17/h1-14,20H. The van der Waals surface area contributed by atoms with Crippen molar-refractivity contribution >= 4 is 41.2 Å². The minimum atomic E-state index is 0.127. The van der Waals surface area contributed by atoms with Crippen LogP contribution >= 0.6 is 24.2 Å². The molecular weight excluding hydrogens is 291 g/mol. The van der Waals surface area contributed by atoms with Crippen LogP contribution in [-0.2, 0) is 0 Å². The van der Waals surface area contributed by atoms with Gasteiger partial charge in [0.2, 0.25) is 0 Å². The molecule has 0 unspecified atom stereocenters. The van der Waals surface area contributed by atoms with E-state index < -0.39 is 0 Å². The van der Waals surface area contributed by atoms with Gasteiger partial charge >= 0.3 is 0 Å². The molecule has 0 atom stereocenters. The second kappa shape index (κ2) is 6.92. The molecule has 0 aromatic heterocycles. The molecule has 0 nitrogen and oxygen atoms in total. The van der Waals surface area contributed by atoms with E-state index >= 15 is 0 Å². The quantitative estimate of drug-likeness (QED) is 0.564. The molecule has 0 N–H and O–H groups in total. The van der Waals surface area contributed by atoms with Crippen LogP contribution in [0.15, 0.2) is 94.7 Å². The Bertz CT molecular complexity index is 681. The zero-order chi connectivity index (χ0) is 14.5. The summed E-state index contributed by atoms with van der Waals surface area (Å²) in [5.74, 6) is 0.127. The molecule has 0 fully saturated rings. The van der Waals surface area contributed by atoms with Crippen LogP contribution in [0, 0.1) is 0 Å². The minimum absolute atomic E-state index is 0.127. The van der Waals surface area contributed by atoms with Crippen molar-refractivity contribution in [1.82, 2.24) is 0 Å². The molecule has 0 bridgehead atoms. The number of benzene rings is 3. The Balaban J connectivity index is 1.75. The van der Waals surface area contributed by atoms with Gasteiger partial charge in [-0.05, 0) is 24.3 Å². The summed E-state index contributed by atoms with van der Waals surface area (Å²) in [6, 6.07) is 29.5. The highest BCUT2D eigenvalue weighted by atomic mass is 32.2. The number of thiol groups is 1. The van der Waals surface area contributed by atoms with E-state index in [0.29, 0.717) is 0 Å². The fourth-order valence-electron chi connectivity index (χ4n) is 2.17.